The number of hydrogen-bond donors (Lipinski definition) is 1. The van der Waals surface area contributed by atoms with Crippen molar-refractivity contribution in [2.45, 2.75) is 31.7 Å². The molecule has 0 fully saturated rings. The van der Waals surface area contributed by atoms with Gasteiger partial charge in [0, 0.05) is 6.04 Å². The molecule has 0 bridgehead atoms. The molecular formula is C23H25N. The van der Waals surface area contributed by atoms with Crippen LogP contribution in [0.1, 0.15) is 30.4 Å². The molecule has 0 aromatic heterocycles. The van der Waals surface area contributed by atoms with Crippen LogP contribution in [-0.2, 0) is 6.42 Å². The maximum Gasteiger partial charge on any atom is 0.00794 e. The normalized spacial score (nSPS) is 13.4. The molecule has 2 unspecified atom stereocenters. The Hall–Kier alpha value is -2.38. The van der Waals surface area contributed by atoms with Crippen LogP contribution in [0.4, 0.5) is 0 Å². The van der Waals surface area contributed by atoms with Crippen LogP contribution >= 0.6 is 0 Å². The third-order valence-corrected chi connectivity index (χ3v) is 4.67. The van der Waals surface area contributed by atoms with Crippen LogP contribution in [-0.4, -0.2) is 6.04 Å². The van der Waals surface area contributed by atoms with Crippen molar-refractivity contribution in [3.8, 4) is 11.1 Å². The van der Waals surface area contributed by atoms with Crippen LogP contribution in [0.15, 0.2) is 84.9 Å². The van der Waals surface area contributed by atoms with E-state index in [0.29, 0.717) is 5.92 Å². The molecule has 0 radical (unpaired) electrons. The highest BCUT2D eigenvalue weighted by molar-refractivity contribution is 5.63. The minimum Gasteiger partial charge on any atom is -0.327 e. The average molecular weight is 315 g/mol. The Labute approximate surface area is 145 Å². The summed E-state index contributed by atoms with van der Waals surface area (Å²) in [6.45, 7) is 2.11. The Bertz CT molecular complexity index is 730. The second-order valence-electron chi connectivity index (χ2n) is 6.48. The minimum absolute atomic E-state index is 0.149. The molecule has 2 N–H and O–H groups in total. The molecule has 122 valence electrons. The third kappa shape index (κ3) is 4.12. The van der Waals surface area contributed by atoms with E-state index in [1.807, 2.05) is 6.07 Å². The molecular weight excluding hydrogens is 290 g/mol. The summed E-state index contributed by atoms with van der Waals surface area (Å²) in [5.41, 5.74) is 11.5. The molecule has 0 amide bonds. The lowest BCUT2D eigenvalue weighted by atomic mass is 9.86. The lowest BCUT2D eigenvalue weighted by Gasteiger charge is -2.22. The van der Waals surface area contributed by atoms with Crippen molar-refractivity contribution in [1.29, 1.82) is 0 Å². The van der Waals surface area contributed by atoms with E-state index >= 15 is 0 Å². The molecule has 3 aromatic rings. The fourth-order valence-corrected chi connectivity index (χ4v) is 3.25. The van der Waals surface area contributed by atoms with Crippen LogP contribution in [0.2, 0.25) is 0 Å². The standard InChI is InChI=1S/C23H25N/c1-18(24)23(17-12-19-8-4-2-5-9-19)22-15-13-21(14-16-22)20-10-6-3-7-11-20/h2-11,13-16,18,23H,12,17,24H2,1H3. The predicted molar refractivity (Wildman–Crippen MR) is 103 cm³/mol. The van der Waals surface area contributed by atoms with Crippen molar-refractivity contribution in [2.75, 3.05) is 0 Å². The molecule has 1 nitrogen and oxygen atoms in total. The Kier molecular flexibility index (Phi) is 5.45. The van der Waals surface area contributed by atoms with Gasteiger partial charge in [0.05, 0.1) is 0 Å². The van der Waals surface area contributed by atoms with Gasteiger partial charge >= 0.3 is 0 Å². The van der Waals surface area contributed by atoms with Crippen molar-refractivity contribution >= 4 is 0 Å². The zero-order valence-electron chi connectivity index (χ0n) is 14.2. The topological polar surface area (TPSA) is 26.0 Å². The molecule has 0 heterocycles. The Balaban J connectivity index is 1.74. The van der Waals surface area contributed by atoms with E-state index in [0.717, 1.165) is 12.8 Å². The van der Waals surface area contributed by atoms with E-state index < -0.39 is 0 Å². The quantitative estimate of drug-likeness (QED) is 0.646. The lowest BCUT2D eigenvalue weighted by molar-refractivity contribution is 0.530. The van der Waals surface area contributed by atoms with Crippen LogP contribution in [0.5, 0.6) is 0 Å². The first kappa shape index (κ1) is 16.5. The first-order valence-electron chi connectivity index (χ1n) is 8.69. The first-order valence-corrected chi connectivity index (χ1v) is 8.69. The summed E-state index contributed by atoms with van der Waals surface area (Å²) in [4.78, 5) is 0. The summed E-state index contributed by atoms with van der Waals surface area (Å²) < 4.78 is 0. The number of nitrogens with two attached hydrogens (primary N) is 1. The lowest BCUT2D eigenvalue weighted by Crippen LogP contribution is -2.25. The van der Waals surface area contributed by atoms with E-state index in [1.54, 1.807) is 0 Å². The maximum absolute atomic E-state index is 6.28. The van der Waals surface area contributed by atoms with Gasteiger partial charge in [-0.25, -0.2) is 0 Å². The summed E-state index contributed by atoms with van der Waals surface area (Å²) in [6.07, 6.45) is 2.14. The van der Waals surface area contributed by atoms with Gasteiger partial charge < -0.3 is 5.73 Å². The van der Waals surface area contributed by atoms with Gasteiger partial charge in [-0.2, -0.15) is 0 Å². The summed E-state index contributed by atoms with van der Waals surface area (Å²) >= 11 is 0. The minimum atomic E-state index is 0.149. The van der Waals surface area contributed by atoms with Crippen molar-refractivity contribution in [3.63, 3.8) is 0 Å². The summed E-state index contributed by atoms with van der Waals surface area (Å²) in [5.74, 6) is 0.384. The maximum atomic E-state index is 6.28. The first-order chi connectivity index (χ1) is 11.7. The van der Waals surface area contributed by atoms with Gasteiger partial charge in [0.2, 0.25) is 0 Å². The zero-order chi connectivity index (χ0) is 16.8. The van der Waals surface area contributed by atoms with Gasteiger partial charge in [0.15, 0.2) is 0 Å². The molecule has 3 rings (SSSR count). The van der Waals surface area contributed by atoms with Gasteiger partial charge in [0.25, 0.3) is 0 Å². The van der Waals surface area contributed by atoms with Crippen molar-refractivity contribution < 1.29 is 0 Å². The van der Waals surface area contributed by atoms with Crippen molar-refractivity contribution in [2.24, 2.45) is 5.73 Å². The van der Waals surface area contributed by atoms with Crippen LogP contribution < -0.4 is 5.73 Å². The highest BCUT2D eigenvalue weighted by Crippen LogP contribution is 2.27. The van der Waals surface area contributed by atoms with Crippen LogP contribution in [0.25, 0.3) is 11.1 Å². The molecule has 0 aliphatic carbocycles. The van der Waals surface area contributed by atoms with E-state index in [1.165, 1.54) is 22.3 Å². The fraction of sp³-hybridized carbons (Fsp3) is 0.217. The summed E-state index contributed by atoms with van der Waals surface area (Å²) in [7, 11) is 0. The number of hydrogen-bond acceptors (Lipinski definition) is 1. The van der Waals surface area contributed by atoms with Crippen LogP contribution in [0, 0.1) is 0 Å². The molecule has 0 saturated carbocycles. The van der Waals surface area contributed by atoms with Gasteiger partial charge in [0.1, 0.15) is 0 Å². The number of rotatable bonds is 6. The van der Waals surface area contributed by atoms with Crippen molar-refractivity contribution in [3.05, 3.63) is 96.1 Å². The van der Waals surface area contributed by atoms with Crippen molar-refractivity contribution in [1.82, 2.24) is 0 Å². The van der Waals surface area contributed by atoms with E-state index in [2.05, 4.69) is 85.8 Å². The van der Waals surface area contributed by atoms with E-state index in [-0.39, 0.29) is 6.04 Å². The second kappa shape index (κ2) is 7.94. The fourth-order valence-electron chi connectivity index (χ4n) is 3.25. The predicted octanol–water partition coefficient (Wildman–Crippen LogP) is 5.42. The Morgan fingerprint density at radius 3 is 1.83 bits per heavy atom. The molecule has 2 atom stereocenters. The van der Waals surface area contributed by atoms with Crippen LogP contribution in [0.3, 0.4) is 0 Å². The summed E-state index contributed by atoms with van der Waals surface area (Å²) in [5, 5.41) is 0. The molecule has 0 aliphatic rings. The highest BCUT2D eigenvalue weighted by atomic mass is 14.6. The average Bonchev–Trinajstić information content (AvgIpc) is 2.64. The van der Waals surface area contributed by atoms with Gasteiger partial charge in [-0.1, -0.05) is 84.9 Å². The largest absolute Gasteiger partial charge is 0.327 e. The molecule has 0 aliphatic heterocycles. The van der Waals surface area contributed by atoms with Gasteiger partial charge in [-0.05, 0) is 47.9 Å². The van der Waals surface area contributed by atoms with E-state index in [4.69, 9.17) is 5.73 Å². The molecule has 0 spiro atoms. The SMILES string of the molecule is CC(N)C(CCc1ccccc1)c1ccc(-c2ccccc2)cc1. The highest BCUT2D eigenvalue weighted by Gasteiger charge is 2.16. The smallest absolute Gasteiger partial charge is 0.00794 e. The third-order valence-electron chi connectivity index (χ3n) is 4.67. The number of aryl methyl sites for hydroxylation is 1. The van der Waals surface area contributed by atoms with E-state index in [9.17, 15) is 0 Å². The Morgan fingerprint density at radius 1 is 0.708 bits per heavy atom. The monoisotopic (exact) mass is 315 g/mol. The zero-order valence-corrected chi connectivity index (χ0v) is 14.2. The molecule has 3 aromatic carbocycles. The Morgan fingerprint density at radius 2 is 1.25 bits per heavy atom. The number of benzene rings is 3. The molecule has 0 saturated heterocycles. The molecule has 1 heteroatoms. The second-order valence-corrected chi connectivity index (χ2v) is 6.48. The summed E-state index contributed by atoms with van der Waals surface area (Å²) in [6, 6.07) is 30.2. The van der Waals surface area contributed by atoms with Gasteiger partial charge in [-0.15, -0.1) is 0 Å². The van der Waals surface area contributed by atoms with Gasteiger partial charge in [-0.3, -0.25) is 0 Å². The molecule has 24 heavy (non-hydrogen) atoms.